The van der Waals surface area contributed by atoms with Crippen LogP contribution >= 0.6 is 12.1 Å². The summed E-state index contributed by atoms with van der Waals surface area (Å²) in [6, 6.07) is 4.23. The third-order valence-electron chi connectivity index (χ3n) is 2.66. The molecule has 0 bridgehead atoms. The molecule has 0 fully saturated rings. The average Bonchev–Trinajstić information content (AvgIpc) is 2.72. The van der Waals surface area contributed by atoms with E-state index in [4.69, 9.17) is 4.84 Å². The Hall–Kier alpha value is -1.33. The van der Waals surface area contributed by atoms with Crippen LogP contribution in [-0.2, 0) is 11.9 Å². The van der Waals surface area contributed by atoms with Gasteiger partial charge in [0.15, 0.2) is 12.4 Å². The van der Waals surface area contributed by atoms with Crippen LogP contribution in [0.4, 0.5) is 0 Å². The predicted octanol–water partition coefficient (Wildman–Crippen LogP) is 2.42. The fourth-order valence-electron chi connectivity index (χ4n) is 1.67. The highest BCUT2D eigenvalue weighted by molar-refractivity contribution is 7.96. The zero-order valence-electron chi connectivity index (χ0n) is 10.9. The summed E-state index contributed by atoms with van der Waals surface area (Å²) >= 11 is 1.35. The van der Waals surface area contributed by atoms with Crippen LogP contribution in [0.2, 0.25) is 0 Å². The third kappa shape index (κ3) is 2.91. The molecule has 0 radical (unpaired) electrons. The van der Waals surface area contributed by atoms with Gasteiger partial charge in [-0.3, -0.25) is 0 Å². The van der Waals surface area contributed by atoms with E-state index in [1.165, 1.54) is 12.1 Å². The number of rotatable bonds is 4. The molecule has 0 saturated carbocycles. The minimum atomic E-state index is 0.138. The van der Waals surface area contributed by atoms with Gasteiger partial charge in [0.2, 0.25) is 0 Å². The molecule has 0 saturated heterocycles. The van der Waals surface area contributed by atoms with Gasteiger partial charge in [-0.2, -0.15) is 4.40 Å². The smallest absolute Gasteiger partial charge is 0.177 e. The van der Waals surface area contributed by atoms with Gasteiger partial charge >= 0.3 is 0 Å². The monoisotopic (exact) mass is 264 g/mol. The number of aryl methyl sites for hydroxylation is 1. The predicted molar refractivity (Wildman–Crippen MR) is 73.6 cm³/mol. The second kappa shape index (κ2) is 6.02. The van der Waals surface area contributed by atoms with E-state index >= 15 is 0 Å². The zero-order chi connectivity index (χ0) is 13.0. The van der Waals surface area contributed by atoms with Crippen molar-refractivity contribution in [1.82, 2.24) is 4.47 Å². The van der Waals surface area contributed by atoms with Crippen LogP contribution in [0.1, 0.15) is 25.8 Å². The van der Waals surface area contributed by atoms with Crippen molar-refractivity contribution in [2.75, 3.05) is 0 Å². The van der Waals surface area contributed by atoms with Gasteiger partial charge in [-0.05, 0) is 25.5 Å². The molecule has 4 nitrogen and oxygen atoms in total. The van der Waals surface area contributed by atoms with Crippen LogP contribution in [0, 0.1) is 0 Å². The molecule has 0 amide bonds. The summed E-state index contributed by atoms with van der Waals surface area (Å²) in [7, 11) is 2.01. The minimum Gasteiger partial charge on any atom is -0.401 e. The molecule has 1 aliphatic heterocycles. The fraction of sp³-hybridized carbons (Fsp3) is 0.385. The molecular formula is C13H18N3OS+. The van der Waals surface area contributed by atoms with E-state index in [-0.39, 0.29) is 6.04 Å². The lowest BCUT2D eigenvalue weighted by molar-refractivity contribution is -0.671. The van der Waals surface area contributed by atoms with Crippen molar-refractivity contribution >= 4 is 17.8 Å². The Morgan fingerprint density at radius 2 is 2.44 bits per heavy atom. The van der Waals surface area contributed by atoms with Gasteiger partial charge in [0.05, 0.1) is 11.3 Å². The highest BCUT2D eigenvalue weighted by Gasteiger charge is 2.29. The first kappa shape index (κ1) is 13.1. The number of allylic oxidation sites excluding steroid dienone is 1. The van der Waals surface area contributed by atoms with Crippen LogP contribution in [0.25, 0.3) is 0 Å². The van der Waals surface area contributed by atoms with Gasteiger partial charge in [0, 0.05) is 6.07 Å². The SMILES string of the molecule is CCC=CON1SN=C(c2ccc[n+](C)c2)C1C. The van der Waals surface area contributed by atoms with Gasteiger partial charge in [0.1, 0.15) is 31.5 Å². The van der Waals surface area contributed by atoms with Gasteiger partial charge < -0.3 is 4.84 Å². The van der Waals surface area contributed by atoms with Crippen LogP contribution in [0.5, 0.6) is 0 Å². The molecular weight excluding hydrogens is 246 g/mol. The van der Waals surface area contributed by atoms with Crippen LogP contribution < -0.4 is 4.57 Å². The lowest BCUT2D eigenvalue weighted by atomic mass is 10.1. The van der Waals surface area contributed by atoms with E-state index in [0.29, 0.717) is 0 Å². The van der Waals surface area contributed by atoms with Crippen molar-refractivity contribution in [2.24, 2.45) is 11.4 Å². The van der Waals surface area contributed by atoms with Crippen molar-refractivity contribution in [3.63, 3.8) is 0 Å². The Morgan fingerprint density at radius 1 is 1.61 bits per heavy atom. The summed E-state index contributed by atoms with van der Waals surface area (Å²) in [5.41, 5.74) is 2.17. The van der Waals surface area contributed by atoms with E-state index in [2.05, 4.69) is 30.5 Å². The molecule has 0 spiro atoms. The maximum absolute atomic E-state index is 5.53. The number of hydroxylamine groups is 1. The maximum Gasteiger partial charge on any atom is 0.177 e. The molecule has 5 heteroatoms. The molecule has 1 unspecified atom stereocenters. The molecule has 2 rings (SSSR count). The first-order chi connectivity index (χ1) is 8.72. The molecule has 18 heavy (non-hydrogen) atoms. The normalized spacial score (nSPS) is 20.4. The van der Waals surface area contributed by atoms with E-state index in [1.54, 1.807) is 10.7 Å². The number of pyridine rings is 1. The quantitative estimate of drug-likeness (QED) is 0.475. The Balaban J connectivity index is 2.06. The van der Waals surface area contributed by atoms with Gasteiger partial charge in [-0.15, -0.1) is 0 Å². The second-order valence-corrected chi connectivity index (χ2v) is 4.87. The highest BCUT2D eigenvalue weighted by atomic mass is 32.2. The highest BCUT2D eigenvalue weighted by Crippen LogP contribution is 2.28. The topological polar surface area (TPSA) is 28.7 Å². The van der Waals surface area contributed by atoms with Crippen molar-refractivity contribution in [1.29, 1.82) is 0 Å². The fourth-order valence-corrected chi connectivity index (χ4v) is 2.43. The first-order valence-corrected chi connectivity index (χ1v) is 6.77. The average molecular weight is 264 g/mol. The summed E-state index contributed by atoms with van der Waals surface area (Å²) in [5, 5.41) is 0. The molecule has 1 atom stereocenters. The lowest BCUT2D eigenvalue weighted by Crippen LogP contribution is -2.32. The number of nitrogens with zero attached hydrogens (tertiary/aromatic N) is 3. The minimum absolute atomic E-state index is 0.138. The van der Waals surface area contributed by atoms with Gasteiger partial charge in [-0.25, -0.2) is 4.57 Å². The van der Waals surface area contributed by atoms with Gasteiger partial charge in [0.25, 0.3) is 0 Å². The van der Waals surface area contributed by atoms with E-state index in [1.807, 2.05) is 30.0 Å². The van der Waals surface area contributed by atoms with Crippen molar-refractivity contribution in [3.8, 4) is 0 Å². The molecule has 0 N–H and O–H groups in total. The largest absolute Gasteiger partial charge is 0.401 e. The summed E-state index contributed by atoms with van der Waals surface area (Å²) in [6.45, 7) is 4.16. The lowest BCUT2D eigenvalue weighted by Gasteiger charge is -2.16. The third-order valence-corrected chi connectivity index (χ3v) is 3.51. The zero-order valence-corrected chi connectivity index (χ0v) is 11.7. The number of aromatic nitrogens is 1. The Labute approximate surface area is 112 Å². The molecule has 0 aliphatic carbocycles. The summed E-state index contributed by atoms with van der Waals surface area (Å²) in [4.78, 5) is 5.53. The van der Waals surface area contributed by atoms with Crippen LogP contribution in [-0.4, -0.2) is 16.2 Å². The maximum atomic E-state index is 5.53. The number of hydrogen-bond donors (Lipinski definition) is 0. The van der Waals surface area contributed by atoms with E-state index in [0.717, 1.165) is 17.7 Å². The molecule has 0 aromatic carbocycles. The van der Waals surface area contributed by atoms with E-state index in [9.17, 15) is 0 Å². The summed E-state index contributed by atoms with van der Waals surface area (Å²) in [6.07, 6.45) is 8.74. The molecule has 1 aliphatic rings. The van der Waals surface area contributed by atoms with Crippen LogP contribution in [0.3, 0.4) is 0 Å². The van der Waals surface area contributed by atoms with Crippen molar-refractivity contribution in [2.45, 2.75) is 26.3 Å². The molecule has 2 heterocycles. The molecule has 96 valence electrons. The van der Waals surface area contributed by atoms with E-state index < -0.39 is 0 Å². The Kier molecular flexibility index (Phi) is 4.38. The first-order valence-electron chi connectivity index (χ1n) is 6.04. The molecule has 1 aromatic heterocycles. The Morgan fingerprint density at radius 3 is 3.17 bits per heavy atom. The Bertz CT molecular complexity index is 473. The summed E-state index contributed by atoms with van der Waals surface area (Å²) in [5.74, 6) is 0. The number of hydrogen-bond acceptors (Lipinski definition) is 4. The van der Waals surface area contributed by atoms with Crippen LogP contribution in [0.15, 0.2) is 41.3 Å². The van der Waals surface area contributed by atoms with Crippen molar-refractivity contribution < 1.29 is 9.40 Å². The van der Waals surface area contributed by atoms with Gasteiger partial charge in [-0.1, -0.05) is 11.4 Å². The summed E-state index contributed by atoms with van der Waals surface area (Å²) < 4.78 is 8.30. The second-order valence-electron chi connectivity index (χ2n) is 4.16. The van der Waals surface area contributed by atoms with Crippen molar-refractivity contribution in [3.05, 3.63) is 42.4 Å². The standard InChI is InChI=1S/C13H18N3OS/c1-4-5-9-17-16-11(2)13(14-18-16)12-7-6-8-15(3)10-12/h5-11H,4H2,1-3H3/q+1. The molecule has 1 aromatic rings.